The molecule has 18 heavy (non-hydrogen) atoms. The third-order valence-corrected chi connectivity index (χ3v) is 3.71. The summed E-state index contributed by atoms with van der Waals surface area (Å²) in [6.07, 6.45) is 3.10. The van der Waals surface area contributed by atoms with Crippen LogP contribution in [-0.2, 0) is 0 Å². The zero-order chi connectivity index (χ0) is 13.5. The summed E-state index contributed by atoms with van der Waals surface area (Å²) in [5.41, 5.74) is 0. The average Bonchev–Trinajstić information content (AvgIpc) is 2.36. The molecule has 0 aliphatic rings. The molecule has 0 aromatic carbocycles. The van der Waals surface area contributed by atoms with Gasteiger partial charge in [0.05, 0.1) is 0 Å². The number of rotatable bonds is 7. The normalized spacial score (nSPS) is 12.8. The number of halogens is 1. The number of nitrogens with one attached hydrogen (secondary N) is 1. The zero-order valence-corrected chi connectivity index (χ0v) is 13.0. The van der Waals surface area contributed by atoms with Crippen molar-refractivity contribution in [2.75, 3.05) is 31.7 Å². The predicted octanol–water partition coefficient (Wildman–Crippen LogP) is 2.99. The van der Waals surface area contributed by atoms with Crippen molar-refractivity contribution in [2.24, 2.45) is 0 Å². The fraction of sp³-hybridized carbons (Fsp3) is 0.667. The van der Waals surface area contributed by atoms with Crippen molar-refractivity contribution < 1.29 is 0 Å². The first-order valence-corrected chi connectivity index (χ1v) is 7.69. The van der Waals surface area contributed by atoms with Gasteiger partial charge in [0.2, 0.25) is 0 Å². The predicted molar refractivity (Wildman–Crippen MR) is 79.7 cm³/mol. The van der Waals surface area contributed by atoms with Crippen LogP contribution in [-0.4, -0.2) is 47.3 Å². The van der Waals surface area contributed by atoms with Crippen LogP contribution >= 0.6 is 23.4 Å². The Morgan fingerprint density at radius 2 is 2.22 bits per heavy atom. The first-order valence-electron chi connectivity index (χ1n) is 6.09. The van der Waals surface area contributed by atoms with E-state index in [2.05, 4.69) is 41.1 Å². The number of anilines is 1. The summed E-state index contributed by atoms with van der Waals surface area (Å²) in [5, 5.41) is 4.45. The highest BCUT2D eigenvalue weighted by Crippen LogP contribution is 2.16. The molecule has 0 radical (unpaired) electrons. The summed E-state index contributed by atoms with van der Waals surface area (Å²) in [7, 11) is 2.14. The molecule has 0 spiro atoms. The zero-order valence-electron chi connectivity index (χ0n) is 11.4. The minimum atomic E-state index is 0.479. The molecule has 0 aliphatic heterocycles. The summed E-state index contributed by atoms with van der Waals surface area (Å²) in [5.74, 6) is 0.789. The van der Waals surface area contributed by atoms with Gasteiger partial charge in [-0.25, -0.2) is 9.97 Å². The molecule has 0 saturated carbocycles. The molecule has 1 aromatic rings. The SMILES string of the molecule is CCC(C)N(C)CCNc1cc(Cl)nc(SC)n1. The highest BCUT2D eigenvalue weighted by Gasteiger charge is 2.06. The van der Waals surface area contributed by atoms with E-state index in [1.165, 1.54) is 11.8 Å². The maximum atomic E-state index is 5.93. The standard InChI is InChI=1S/C12H21ClN4S/c1-5-9(2)17(3)7-6-14-11-8-10(13)15-12(16-11)18-4/h8-9H,5-7H2,1-4H3,(H,14,15,16). The number of nitrogens with zero attached hydrogens (tertiary/aromatic N) is 3. The van der Waals surface area contributed by atoms with E-state index in [1.807, 2.05) is 6.26 Å². The van der Waals surface area contributed by atoms with E-state index < -0.39 is 0 Å². The van der Waals surface area contributed by atoms with Crippen LogP contribution < -0.4 is 5.32 Å². The average molecular weight is 289 g/mol. The Morgan fingerprint density at radius 1 is 1.50 bits per heavy atom. The maximum Gasteiger partial charge on any atom is 0.190 e. The molecule has 0 bridgehead atoms. The van der Waals surface area contributed by atoms with Crippen molar-refractivity contribution in [1.82, 2.24) is 14.9 Å². The number of thioether (sulfide) groups is 1. The van der Waals surface area contributed by atoms with Crippen molar-refractivity contribution in [3.05, 3.63) is 11.2 Å². The Morgan fingerprint density at radius 3 is 2.83 bits per heavy atom. The molecule has 6 heteroatoms. The van der Waals surface area contributed by atoms with Gasteiger partial charge in [0, 0.05) is 25.2 Å². The summed E-state index contributed by atoms with van der Waals surface area (Å²) >= 11 is 7.42. The van der Waals surface area contributed by atoms with Crippen molar-refractivity contribution in [1.29, 1.82) is 0 Å². The molecule has 4 nitrogen and oxygen atoms in total. The Balaban J connectivity index is 2.46. The van der Waals surface area contributed by atoms with Gasteiger partial charge in [-0.1, -0.05) is 30.3 Å². The van der Waals surface area contributed by atoms with Crippen molar-refractivity contribution in [3.63, 3.8) is 0 Å². The van der Waals surface area contributed by atoms with Gasteiger partial charge < -0.3 is 10.2 Å². The Labute approximate surface area is 119 Å². The van der Waals surface area contributed by atoms with Crippen molar-refractivity contribution in [3.8, 4) is 0 Å². The number of hydrogen-bond donors (Lipinski definition) is 1. The van der Waals surface area contributed by atoms with Crippen LogP contribution in [0.2, 0.25) is 5.15 Å². The lowest BCUT2D eigenvalue weighted by atomic mass is 10.2. The minimum Gasteiger partial charge on any atom is -0.369 e. The monoisotopic (exact) mass is 288 g/mol. The first-order chi connectivity index (χ1) is 8.56. The van der Waals surface area contributed by atoms with Crippen molar-refractivity contribution >= 4 is 29.2 Å². The molecule has 1 rings (SSSR count). The molecule has 102 valence electrons. The van der Waals surface area contributed by atoms with E-state index in [9.17, 15) is 0 Å². The molecule has 0 aliphatic carbocycles. The topological polar surface area (TPSA) is 41.0 Å². The van der Waals surface area contributed by atoms with Gasteiger partial charge in [-0.2, -0.15) is 0 Å². The molecular weight excluding hydrogens is 268 g/mol. The molecule has 1 unspecified atom stereocenters. The summed E-state index contributed by atoms with van der Waals surface area (Å²) in [4.78, 5) is 10.8. The van der Waals surface area contributed by atoms with Crippen LogP contribution in [0.25, 0.3) is 0 Å². The van der Waals surface area contributed by atoms with E-state index in [-0.39, 0.29) is 0 Å². The quantitative estimate of drug-likeness (QED) is 0.474. The number of hydrogen-bond acceptors (Lipinski definition) is 5. The van der Waals surface area contributed by atoms with Crippen LogP contribution in [0.3, 0.4) is 0 Å². The van der Waals surface area contributed by atoms with Crippen LogP contribution in [0.4, 0.5) is 5.82 Å². The van der Waals surface area contributed by atoms with E-state index in [0.29, 0.717) is 16.4 Å². The molecule has 0 fully saturated rings. The molecule has 1 heterocycles. The van der Waals surface area contributed by atoms with E-state index in [1.54, 1.807) is 6.07 Å². The van der Waals surface area contributed by atoms with Gasteiger partial charge in [-0.05, 0) is 26.6 Å². The van der Waals surface area contributed by atoms with Gasteiger partial charge in [-0.15, -0.1) is 0 Å². The van der Waals surface area contributed by atoms with E-state index >= 15 is 0 Å². The minimum absolute atomic E-state index is 0.479. The molecule has 0 saturated heterocycles. The second-order valence-electron chi connectivity index (χ2n) is 4.23. The molecule has 1 aromatic heterocycles. The third kappa shape index (κ3) is 5.00. The summed E-state index contributed by atoms with van der Waals surface area (Å²) in [6.45, 7) is 6.25. The Kier molecular flexibility index (Phi) is 6.75. The highest BCUT2D eigenvalue weighted by atomic mass is 35.5. The second-order valence-corrected chi connectivity index (χ2v) is 5.39. The Bertz CT molecular complexity index is 375. The largest absolute Gasteiger partial charge is 0.369 e. The van der Waals surface area contributed by atoms with Crippen LogP contribution in [0, 0.1) is 0 Å². The fourth-order valence-corrected chi connectivity index (χ4v) is 2.08. The third-order valence-electron chi connectivity index (χ3n) is 2.97. The van der Waals surface area contributed by atoms with Gasteiger partial charge in [0.1, 0.15) is 11.0 Å². The molecule has 0 amide bonds. The lowest BCUT2D eigenvalue weighted by molar-refractivity contribution is 0.261. The molecule has 1 N–H and O–H groups in total. The molecule has 1 atom stereocenters. The molecular formula is C12H21ClN4S. The summed E-state index contributed by atoms with van der Waals surface area (Å²) in [6, 6.07) is 2.35. The van der Waals surface area contributed by atoms with Crippen LogP contribution in [0.15, 0.2) is 11.2 Å². The van der Waals surface area contributed by atoms with E-state index in [0.717, 1.165) is 25.3 Å². The van der Waals surface area contributed by atoms with Crippen LogP contribution in [0.5, 0.6) is 0 Å². The van der Waals surface area contributed by atoms with Gasteiger partial charge in [0.25, 0.3) is 0 Å². The maximum absolute atomic E-state index is 5.93. The summed E-state index contributed by atoms with van der Waals surface area (Å²) < 4.78 is 0. The smallest absolute Gasteiger partial charge is 0.190 e. The number of likely N-dealkylation sites (N-methyl/N-ethyl adjacent to an activating group) is 1. The van der Waals surface area contributed by atoms with Gasteiger partial charge in [-0.3, -0.25) is 0 Å². The first kappa shape index (κ1) is 15.5. The Hall–Kier alpha value is -0.520. The lowest BCUT2D eigenvalue weighted by Crippen LogP contribution is -2.32. The van der Waals surface area contributed by atoms with Gasteiger partial charge in [0.15, 0.2) is 5.16 Å². The number of aromatic nitrogens is 2. The van der Waals surface area contributed by atoms with E-state index in [4.69, 9.17) is 11.6 Å². The fourth-order valence-electron chi connectivity index (χ4n) is 1.47. The highest BCUT2D eigenvalue weighted by molar-refractivity contribution is 7.98. The van der Waals surface area contributed by atoms with Gasteiger partial charge >= 0.3 is 0 Å². The lowest BCUT2D eigenvalue weighted by Gasteiger charge is -2.23. The second kappa shape index (κ2) is 7.81. The van der Waals surface area contributed by atoms with Crippen molar-refractivity contribution in [2.45, 2.75) is 31.5 Å². The van der Waals surface area contributed by atoms with Crippen LogP contribution in [0.1, 0.15) is 20.3 Å².